The number of benzene rings is 1. The smallest absolute Gasteiger partial charge is 0.411 e. The molecule has 0 aliphatic carbocycles. The van der Waals surface area contributed by atoms with Crippen LogP contribution in [0.15, 0.2) is 35.9 Å². The summed E-state index contributed by atoms with van der Waals surface area (Å²) in [4.78, 5) is 11.6. The van der Waals surface area contributed by atoms with E-state index in [1.807, 2.05) is 0 Å². The van der Waals surface area contributed by atoms with Crippen LogP contribution in [-0.4, -0.2) is 44.4 Å². The maximum Gasteiger partial charge on any atom is 0.411 e. The fraction of sp³-hybridized carbons (Fsp3) is 0.357. The van der Waals surface area contributed by atoms with Crippen LogP contribution >= 0.6 is 11.6 Å². The van der Waals surface area contributed by atoms with Crippen LogP contribution in [0.3, 0.4) is 0 Å². The molecular formula is C14H18ClN2O2+. The third kappa shape index (κ3) is 4.26. The minimum atomic E-state index is -0.458. The number of carbonyl (C=O) groups excluding carboxylic acids is 1. The molecule has 0 fully saturated rings. The molecule has 19 heavy (non-hydrogen) atoms. The highest BCUT2D eigenvalue weighted by molar-refractivity contribution is 6.30. The average molecular weight is 282 g/mol. The lowest BCUT2D eigenvalue weighted by atomic mass is 10.3. The standard InChI is InChI=1S/C14H17ClN2O2/c1-17(2)7-6-11(9-17)10-19-14(18)16-13-5-3-4-12(15)8-13/h3-6,8H,7,9-10H2,1-2H3/p+1. The number of carbonyl (C=O) groups is 1. The number of nitrogens with one attached hydrogen (secondary N) is 1. The number of ether oxygens (including phenoxy) is 1. The van der Waals surface area contributed by atoms with E-state index in [1.165, 1.54) is 0 Å². The Bertz CT molecular complexity index is 512. The molecule has 0 bridgehead atoms. The van der Waals surface area contributed by atoms with Gasteiger partial charge >= 0.3 is 6.09 Å². The van der Waals surface area contributed by atoms with Crippen molar-refractivity contribution < 1.29 is 14.0 Å². The van der Waals surface area contributed by atoms with Crippen LogP contribution in [0.4, 0.5) is 10.5 Å². The highest BCUT2D eigenvalue weighted by atomic mass is 35.5. The summed E-state index contributed by atoms with van der Waals surface area (Å²) in [5.74, 6) is 0. The van der Waals surface area contributed by atoms with E-state index in [0.29, 0.717) is 17.3 Å². The number of halogens is 1. The van der Waals surface area contributed by atoms with E-state index in [2.05, 4.69) is 25.5 Å². The number of amides is 1. The zero-order valence-corrected chi connectivity index (χ0v) is 11.9. The molecule has 102 valence electrons. The van der Waals surface area contributed by atoms with E-state index in [-0.39, 0.29) is 0 Å². The molecule has 0 unspecified atom stereocenters. The molecule has 1 aromatic rings. The van der Waals surface area contributed by atoms with Crippen LogP contribution in [0.5, 0.6) is 0 Å². The first-order valence-electron chi connectivity index (χ1n) is 6.14. The highest BCUT2D eigenvalue weighted by Crippen LogP contribution is 2.16. The second kappa shape index (κ2) is 5.63. The van der Waals surface area contributed by atoms with E-state index in [0.717, 1.165) is 23.1 Å². The van der Waals surface area contributed by atoms with Crippen LogP contribution in [-0.2, 0) is 4.74 Å². The van der Waals surface area contributed by atoms with Crippen molar-refractivity contribution in [3.63, 3.8) is 0 Å². The molecule has 1 aromatic carbocycles. The average Bonchev–Trinajstić information content (AvgIpc) is 2.66. The lowest BCUT2D eigenvalue weighted by Gasteiger charge is -2.23. The van der Waals surface area contributed by atoms with Crippen LogP contribution in [0.1, 0.15) is 0 Å². The first kappa shape index (κ1) is 13.9. The Morgan fingerprint density at radius 3 is 2.89 bits per heavy atom. The van der Waals surface area contributed by atoms with Crippen molar-refractivity contribution in [3.8, 4) is 0 Å². The van der Waals surface area contributed by atoms with Gasteiger partial charge in [-0.2, -0.15) is 0 Å². The second-order valence-electron chi connectivity index (χ2n) is 5.35. The molecular weight excluding hydrogens is 264 g/mol. The van der Waals surface area contributed by atoms with Gasteiger partial charge < -0.3 is 9.22 Å². The summed E-state index contributed by atoms with van der Waals surface area (Å²) in [5.41, 5.74) is 1.79. The van der Waals surface area contributed by atoms with Gasteiger partial charge in [-0.1, -0.05) is 17.7 Å². The summed E-state index contributed by atoms with van der Waals surface area (Å²) in [6, 6.07) is 6.97. The van der Waals surface area contributed by atoms with Crippen LogP contribution in [0, 0.1) is 0 Å². The number of anilines is 1. The normalized spacial score (nSPS) is 16.9. The Kier molecular flexibility index (Phi) is 4.12. The molecule has 0 saturated heterocycles. The monoisotopic (exact) mass is 281 g/mol. The fourth-order valence-electron chi connectivity index (χ4n) is 2.04. The zero-order valence-electron chi connectivity index (χ0n) is 11.1. The summed E-state index contributed by atoms with van der Waals surface area (Å²) in [6.07, 6.45) is 1.67. The zero-order chi connectivity index (χ0) is 13.9. The van der Waals surface area contributed by atoms with Crippen molar-refractivity contribution >= 4 is 23.4 Å². The van der Waals surface area contributed by atoms with Gasteiger partial charge in [0.25, 0.3) is 0 Å². The van der Waals surface area contributed by atoms with Crippen molar-refractivity contribution in [1.29, 1.82) is 0 Å². The van der Waals surface area contributed by atoms with Gasteiger partial charge in [0, 0.05) is 16.3 Å². The van der Waals surface area contributed by atoms with Crippen LogP contribution in [0.25, 0.3) is 0 Å². The summed E-state index contributed by atoms with van der Waals surface area (Å²) in [6.45, 7) is 2.24. The Morgan fingerprint density at radius 1 is 1.47 bits per heavy atom. The largest absolute Gasteiger partial charge is 0.445 e. The van der Waals surface area contributed by atoms with Gasteiger partial charge in [0.2, 0.25) is 0 Å². The third-order valence-electron chi connectivity index (χ3n) is 2.97. The molecule has 1 aliphatic heterocycles. The number of likely N-dealkylation sites (N-methyl/N-ethyl adjacent to an activating group) is 1. The molecule has 2 rings (SSSR count). The Hall–Kier alpha value is -1.52. The van der Waals surface area contributed by atoms with Gasteiger partial charge in [0.15, 0.2) is 0 Å². The van der Waals surface area contributed by atoms with E-state index in [9.17, 15) is 4.79 Å². The van der Waals surface area contributed by atoms with Gasteiger partial charge in [-0.3, -0.25) is 5.32 Å². The van der Waals surface area contributed by atoms with Crippen LogP contribution in [0.2, 0.25) is 5.02 Å². The topological polar surface area (TPSA) is 38.3 Å². The minimum Gasteiger partial charge on any atom is -0.445 e. The van der Waals surface area contributed by atoms with E-state index in [1.54, 1.807) is 24.3 Å². The molecule has 1 heterocycles. The lowest BCUT2D eigenvalue weighted by molar-refractivity contribution is -0.874. The molecule has 1 amide bonds. The number of hydrogen-bond acceptors (Lipinski definition) is 2. The minimum absolute atomic E-state index is 0.341. The van der Waals surface area contributed by atoms with Gasteiger partial charge in [0.1, 0.15) is 13.2 Å². The number of nitrogens with zero attached hydrogens (tertiary/aromatic N) is 1. The predicted molar refractivity (Wildman–Crippen MR) is 76.3 cm³/mol. The molecule has 5 heteroatoms. The summed E-state index contributed by atoms with van der Waals surface area (Å²) >= 11 is 5.84. The molecule has 1 aliphatic rings. The highest BCUT2D eigenvalue weighted by Gasteiger charge is 2.23. The van der Waals surface area contributed by atoms with E-state index >= 15 is 0 Å². The molecule has 4 nitrogen and oxygen atoms in total. The third-order valence-corrected chi connectivity index (χ3v) is 3.20. The molecule has 0 radical (unpaired) electrons. The Morgan fingerprint density at radius 2 is 2.26 bits per heavy atom. The van der Waals surface area contributed by atoms with Gasteiger partial charge in [-0.25, -0.2) is 4.79 Å². The summed E-state index contributed by atoms with van der Waals surface area (Å²) in [7, 11) is 4.30. The number of quaternary nitrogens is 1. The predicted octanol–water partition coefficient (Wildman–Crippen LogP) is 2.90. The first-order chi connectivity index (χ1) is 8.94. The summed E-state index contributed by atoms with van der Waals surface area (Å²) in [5, 5.41) is 3.23. The van der Waals surface area contributed by atoms with Crippen molar-refractivity contribution in [1.82, 2.24) is 0 Å². The molecule has 0 spiro atoms. The molecule has 1 N–H and O–H groups in total. The number of rotatable bonds is 3. The maximum atomic E-state index is 11.6. The van der Waals surface area contributed by atoms with Gasteiger partial charge in [-0.15, -0.1) is 0 Å². The number of hydrogen-bond donors (Lipinski definition) is 1. The molecule has 0 aromatic heterocycles. The molecule has 0 saturated carbocycles. The van der Waals surface area contributed by atoms with Crippen molar-refractivity contribution in [2.45, 2.75) is 0 Å². The quantitative estimate of drug-likeness (QED) is 0.683. The van der Waals surface area contributed by atoms with E-state index in [4.69, 9.17) is 16.3 Å². The van der Waals surface area contributed by atoms with Crippen LogP contribution < -0.4 is 5.32 Å². The van der Waals surface area contributed by atoms with Crippen molar-refractivity contribution in [2.24, 2.45) is 0 Å². The Labute approximate surface area is 118 Å². The van der Waals surface area contributed by atoms with Crippen molar-refractivity contribution in [3.05, 3.63) is 40.9 Å². The lowest BCUT2D eigenvalue weighted by Crippen LogP contribution is -2.37. The molecule has 0 atom stereocenters. The first-order valence-corrected chi connectivity index (χ1v) is 6.52. The van der Waals surface area contributed by atoms with Gasteiger partial charge in [0.05, 0.1) is 20.6 Å². The summed E-state index contributed by atoms with van der Waals surface area (Å²) < 4.78 is 6.10. The fourth-order valence-corrected chi connectivity index (χ4v) is 2.23. The Balaban J connectivity index is 1.80. The van der Waals surface area contributed by atoms with Gasteiger partial charge in [-0.05, 0) is 24.3 Å². The van der Waals surface area contributed by atoms with Crippen molar-refractivity contribution in [2.75, 3.05) is 39.1 Å². The maximum absolute atomic E-state index is 11.6. The SMILES string of the molecule is C[N+]1(C)CC=C(COC(=O)Nc2cccc(Cl)c2)C1. The van der Waals surface area contributed by atoms with E-state index < -0.39 is 6.09 Å². The second-order valence-corrected chi connectivity index (χ2v) is 5.79.